The van der Waals surface area contributed by atoms with E-state index in [4.69, 9.17) is 0 Å². The predicted molar refractivity (Wildman–Crippen MR) is 114 cm³/mol. The number of carboxylic acid groups (broad SMARTS) is 1. The number of carbonyl (C=O) groups is 1. The van der Waals surface area contributed by atoms with E-state index in [1.54, 1.807) is 18.2 Å². The van der Waals surface area contributed by atoms with Gasteiger partial charge in [0.25, 0.3) is 5.56 Å². The molecular weight excluding hydrogens is 440 g/mol. The Hall–Kier alpha value is -2.77. The summed E-state index contributed by atoms with van der Waals surface area (Å²) in [5, 5.41) is 9.77. The van der Waals surface area contributed by atoms with Crippen LogP contribution in [0.5, 0.6) is 0 Å². The molecule has 0 radical (unpaired) electrons. The minimum absolute atomic E-state index is 0.131. The summed E-state index contributed by atoms with van der Waals surface area (Å²) < 4.78 is 2.50. The summed E-state index contributed by atoms with van der Waals surface area (Å²) in [5.74, 6) is -0.992. The average molecular weight is 455 g/mol. The lowest BCUT2D eigenvalue weighted by atomic mass is 10.0. The Balaban J connectivity index is 1.84. The number of fused-ring (bicyclic) bond motifs is 1. The summed E-state index contributed by atoms with van der Waals surface area (Å²) in [6.45, 7) is 2.25. The molecule has 1 N–H and O–H groups in total. The maximum atomic E-state index is 13.2. The minimum atomic E-state index is -0.992. The number of aromatic carboxylic acids is 1. The fourth-order valence-corrected chi connectivity index (χ4v) is 4.48. The monoisotopic (exact) mass is 454 g/mol. The summed E-state index contributed by atoms with van der Waals surface area (Å²) in [6.07, 6.45) is 1.53. The third-order valence-electron chi connectivity index (χ3n) is 4.51. The first kappa shape index (κ1) is 18.6. The van der Waals surface area contributed by atoms with Crippen molar-refractivity contribution in [1.29, 1.82) is 0 Å². The smallest absolute Gasteiger partial charge is 0.335 e. The standard InChI is InChI=1S/C21H15BrN2O3S/c1-12-17(14-5-7-16(22)8-6-14)18-19(28-12)23-11-24(20(18)25)10-13-3-2-4-15(9-13)21(26)27/h2-9,11H,10H2,1H3,(H,26,27). The lowest BCUT2D eigenvalue weighted by molar-refractivity contribution is 0.0696. The summed E-state index contributed by atoms with van der Waals surface area (Å²) in [7, 11) is 0. The molecule has 2 aromatic heterocycles. The van der Waals surface area contributed by atoms with Crippen molar-refractivity contribution in [2.45, 2.75) is 13.5 Å². The van der Waals surface area contributed by atoms with Crippen molar-refractivity contribution in [3.05, 3.63) is 85.7 Å². The summed E-state index contributed by atoms with van der Waals surface area (Å²) in [5.41, 5.74) is 2.67. The Morgan fingerprint density at radius 2 is 1.96 bits per heavy atom. The van der Waals surface area contributed by atoms with Crippen LogP contribution >= 0.6 is 27.3 Å². The van der Waals surface area contributed by atoms with Gasteiger partial charge in [-0.25, -0.2) is 9.78 Å². The fourth-order valence-electron chi connectivity index (χ4n) is 3.21. The van der Waals surface area contributed by atoms with Gasteiger partial charge in [0.15, 0.2) is 0 Å². The van der Waals surface area contributed by atoms with Crippen LogP contribution in [0.4, 0.5) is 0 Å². The van der Waals surface area contributed by atoms with Gasteiger partial charge in [-0.3, -0.25) is 9.36 Å². The van der Waals surface area contributed by atoms with E-state index in [2.05, 4.69) is 20.9 Å². The first-order valence-corrected chi connectivity index (χ1v) is 10.1. The normalized spacial score (nSPS) is 11.1. The quantitative estimate of drug-likeness (QED) is 0.473. The molecule has 28 heavy (non-hydrogen) atoms. The number of aromatic nitrogens is 2. The number of aryl methyl sites for hydroxylation is 1. The molecule has 0 aliphatic rings. The van der Waals surface area contributed by atoms with Crippen molar-refractivity contribution in [1.82, 2.24) is 9.55 Å². The highest BCUT2D eigenvalue weighted by Gasteiger charge is 2.17. The molecule has 0 unspecified atom stereocenters. The Morgan fingerprint density at radius 1 is 1.21 bits per heavy atom. The molecule has 0 saturated carbocycles. The van der Waals surface area contributed by atoms with Gasteiger partial charge in [-0.1, -0.05) is 40.2 Å². The van der Waals surface area contributed by atoms with Crippen molar-refractivity contribution in [2.24, 2.45) is 0 Å². The van der Waals surface area contributed by atoms with Gasteiger partial charge in [-0.05, 0) is 42.3 Å². The van der Waals surface area contributed by atoms with Crippen molar-refractivity contribution in [3.8, 4) is 11.1 Å². The largest absolute Gasteiger partial charge is 0.478 e. The van der Waals surface area contributed by atoms with Gasteiger partial charge in [-0.15, -0.1) is 11.3 Å². The number of thiophene rings is 1. The van der Waals surface area contributed by atoms with Gasteiger partial charge >= 0.3 is 5.97 Å². The van der Waals surface area contributed by atoms with Crippen LogP contribution in [0.1, 0.15) is 20.8 Å². The number of rotatable bonds is 4. The van der Waals surface area contributed by atoms with E-state index in [0.29, 0.717) is 10.2 Å². The Kier molecular flexibility index (Phi) is 4.87. The molecule has 7 heteroatoms. The van der Waals surface area contributed by atoms with Crippen LogP contribution in [0.15, 0.2) is 64.1 Å². The second kappa shape index (κ2) is 7.33. The molecular formula is C21H15BrN2O3S. The number of benzene rings is 2. The van der Waals surface area contributed by atoms with Crippen molar-refractivity contribution >= 4 is 43.5 Å². The van der Waals surface area contributed by atoms with Crippen molar-refractivity contribution < 1.29 is 9.90 Å². The molecule has 0 fully saturated rings. The zero-order valence-electron chi connectivity index (χ0n) is 14.8. The molecule has 0 aliphatic carbocycles. The SMILES string of the molecule is Cc1sc2ncn(Cc3cccc(C(=O)O)c3)c(=O)c2c1-c1ccc(Br)cc1. The summed E-state index contributed by atoms with van der Waals surface area (Å²) >= 11 is 4.94. The third-order valence-corrected chi connectivity index (χ3v) is 6.06. The van der Waals surface area contributed by atoms with E-state index >= 15 is 0 Å². The van der Waals surface area contributed by atoms with Gasteiger partial charge in [0, 0.05) is 14.9 Å². The molecule has 140 valence electrons. The van der Waals surface area contributed by atoms with E-state index in [0.717, 1.165) is 26.0 Å². The number of hydrogen-bond acceptors (Lipinski definition) is 4. The van der Waals surface area contributed by atoms with Crippen LogP contribution in [-0.2, 0) is 6.54 Å². The number of halogens is 1. The summed E-state index contributed by atoms with van der Waals surface area (Å²) in [6, 6.07) is 14.4. The van der Waals surface area contributed by atoms with E-state index in [9.17, 15) is 14.7 Å². The molecule has 0 saturated heterocycles. The second-order valence-electron chi connectivity index (χ2n) is 6.40. The lowest BCUT2D eigenvalue weighted by Gasteiger charge is -2.08. The zero-order valence-corrected chi connectivity index (χ0v) is 17.3. The number of hydrogen-bond donors (Lipinski definition) is 1. The molecule has 0 aliphatic heterocycles. The maximum Gasteiger partial charge on any atom is 0.335 e. The summed E-state index contributed by atoms with van der Waals surface area (Å²) in [4.78, 5) is 30.6. The van der Waals surface area contributed by atoms with Crippen LogP contribution in [-0.4, -0.2) is 20.6 Å². The Labute approximate surface area is 173 Å². The molecule has 0 atom stereocenters. The van der Waals surface area contributed by atoms with Gasteiger partial charge in [0.2, 0.25) is 0 Å². The molecule has 5 nitrogen and oxygen atoms in total. The maximum absolute atomic E-state index is 13.2. The fraction of sp³-hybridized carbons (Fsp3) is 0.0952. The highest BCUT2D eigenvalue weighted by atomic mass is 79.9. The first-order valence-electron chi connectivity index (χ1n) is 8.51. The second-order valence-corrected chi connectivity index (χ2v) is 8.52. The van der Waals surface area contributed by atoms with E-state index in [1.807, 2.05) is 31.2 Å². The van der Waals surface area contributed by atoms with Crippen LogP contribution in [0.25, 0.3) is 21.3 Å². The molecule has 0 amide bonds. The average Bonchev–Trinajstić information content (AvgIpc) is 3.02. The minimum Gasteiger partial charge on any atom is -0.478 e. The number of carboxylic acids is 1. The van der Waals surface area contributed by atoms with Gasteiger partial charge in [0.05, 0.1) is 23.8 Å². The van der Waals surface area contributed by atoms with Gasteiger partial charge in [-0.2, -0.15) is 0 Å². The molecule has 0 bridgehead atoms. The molecule has 4 aromatic rings. The zero-order chi connectivity index (χ0) is 19.8. The van der Waals surface area contributed by atoms with E-state index in [-0.39, 0.29) is 17.7 Å². The van der Waals surface area contributed by atoms with Crippen molar-refractivity contribution in [2.75, 3.05) is 0 Å². The number of nitrogens with zero attached hydrogens (tertiary/aromatic N) is 2. The molecule has 2 aromatic carbocycles. The Morgan fingerprint density at radius 3 is 2.68 bits per heavy atom. The van der Waals surface area contributed by atoms with Crippen LogP contribution in [0.2, 0.25) is 0 Å². The lowest BCUT2D eigenvalue weighted by Crippen LogP contribution is -2.21. The van der Waals surface area contributed by atoms with Gasteiger partial charge in [0.1, 0.15) is 4.83 Å². The first-order chi connectivity index (χ1) is 13.4. The van der Waals surface area contributed by atoms with E-state index < -0.39 is 5.97 Å². The third kappa shape index (κ3) is 3.39. The van der Waals surface area contributed by atoms with Crippen LogP contribution < -0.4 is 5.56 Å². The van der Waals surface area contributed by atoms with Gasteiger partial charge < -0.3 is 5.11 Å². The van der Waals surface area contributed by atoms with Crippen molar-refractivity contribution in [3.63, 3.8) is 0 Å². The Bertz CT molecular complexity index is 1260. The molecule has 2 heterocycles. The van der Waals surface area contributed by atoms with Crippen LogP contribution in [0.3, 0.4) is 0 Å². The highest BCUT2D eigenvalue weighted by Crippen LogP contribution is 2.35. The predicted octanol–water partition coefficient (Wildman–Crippen LogP) is 4.94. The topological polar surface area (TPSA) is 72.2 Å². The van der Waals surface area contributed by atoms with E-state index in [1.165, 1.54) is 28.3 Å². The molecule has 0 spiro atoms. The molecule has 4 rings (SSSR count). The van der Waals surface area contributed by atoms with Crippen LogP contribution in [0, 0.1) is 6.92 Å². The highest BCUT2D eigenvalue weighted by molar-refractivity contribution is 9.10.